The topological polar surface area (TPSA) is 60.1 Å². The van der Waals surface area contributed by atoms with Crippen molar-refractivity contribution >= 4 is 6.09 Å². The Kier molecular flexibility index (Phi) is 8.19. The van der Waals surface area contributed by atoms with Crippen LogP contribution < -0.4 is 10.1 Å². The number of amides is 1. The van der Waals surface area contributed by atoms with Gasteiger partial charge in [0, 0.05) is 0 Å². The van der Waals surface area contributed by atoms with Crippen molar-refractivity contribution in [3.8, 4) is 5.75 Å². The molecule has 0 unspecified atom stereocenters. The Hall–Kier alpha value is -2.53. The Morgan fingerprint density at radius 1 is 1.09 bits per heavy atom. The van der Waals surface area contributed by atoms with Gasteiger partial charge in [0.25, 0.3) is 0 Å². The highest BCUT2D eigenvalue weighted by Gasteiger charge is 2.36. The van der Waals surface area contributed by atoms with Crippen LogP contribution in [0.4, 0.5) is 4.79 Å². The molecule has 0 aromatic heterocycles. The molecule has 0 bridgehead atoms. The summed E-state index contributed by atoms with van der Waals surface area (Å²) >= 11 is 0. The van der Waals surface area contributed by atoms with Gasteiger partial charge in [-0.2, -0.15) is 0 Å². The van der Waals surface area contributed by atoms with Crippen LogP contribution in [0, 0.1) is 11.8 Å². The normalized spacial score (nSPS) is 17.5. The maximum Gasteiger partial charge on any atom is 0.407 e. The minimum Gasteiger partial charge on any atom is -0.489 e. The van der Waals surface area contributed by atoms with Gasteiger partial charge in [0.15, 0.2) is 0 Å². The maximum atomic E-state index is 12.3. The quantitative estimate of drug-likeness (QED) is 0.478. The minimum absolute atomic E-state index is 0.0465. The summed E-state index contributed by atoms with van der Waals surface area (Å²) in [6, 6.07) is 18.5. The first kappa shape index (κ1) is 24.1. The zero-order valence-corrected chi connectivity index (χ0v) is 20.0. The number of epoxide rings is 1. The number of hydrogen-bond acceptors (Lipinski definition) is 4. The highest BCUT2D eigenvalue weighted by molar-refractivity contribution is 5.68. The van der Waals surface area contributed by atoms with Crippen LogP contribution in [-0.4, -0.2) is 30.4 Å². The van der Waals surface area contributed by atoms with Gasteiger partial charge >= 0.3 is 6.09 Å². The Morgan fingerprint density at radius 2 is 1.78 bits per heavy atom. The van der Waals surface area contributed by atoms with Gasteiger partial charge in [-0.05, 0) is 68.7 Å². The Morgan fingerprint density at radius 3 is 2.41 bits per heavy atom. The predicted octanol–water partition coefficient (Wildman–Crippen LogP) is 5.76. The van der Waals surface area contributed by atoms with E-state index in [9.17, 15) is 4.79 Å². The number of nitrogens with one attached hydrogen (secondary N) is 1. The van der Waals surface area contributed by atoms with E-state index in [4.69, 9.17) is 14.2 Å². The first-order chi connectivity index (χ1) is 15.2. The van der Waals surface area contributed by atoms with Crippen LogP contribution in [0.5, 0.6) is 5.75 Å². The largest absolute Gasteiger partial charge is 0.489 e. The second kappa shape index (κ2) is 10.9. The van der Waals surface area contributed by atoms with Crippen molar-refractivity contribution in [2.45, 2.75) is 71.8 Å². The standard InChI is InChI=1S/C27H37NO4/c1-19(2)22(16-24(25-18-31-25)28-26(29)32-27(3,4)5)14-21-12-9-13-23(15-21)30-17-20-10-7-6-8-11-20/h6-13,15,19,22,24-25H,14,16-18H2,1-5H3,(H,28,29)/t22-,24-,25-/m0/s1. The molecule has 1 heterocycles. The fourth-order valence-electron chi connectivity index (χ4n) is 3.77. The lowest BCUT2D eigenvalue weighted by Crippen LogP contribution is -2.43. The maximum absolute atomic E-state index is 12.3. The van der Waals surface area contributed by atoms with Gasteiger partial charge in [-0.3, -0.25) is 0 Å². The molecule has 3 atom stereocenters. The highest BCUT2D eigenvalue weighted by atomic mass is 16.6. The van der Waals surface area contributed by atoms with Crippen LogP contribution in [0.15, 0.2) is 54.6 Å². The van der Waals surface area contributed by atoms with E-state index in [-0.39, 0.29) is 18.2 Å². The van der Waals surface area contributed by atoms with Gasteiger partial charge in [-0.25, -0.2) is 4.79 Å². The molecule has 1 saturated heterocycles. The molecule has 1 fully saturated rings. The molecule has 2 aromatic rings. The second-order valence-electron chi connectivity index (χ2n) is 9.99. The lowest BCUT2D eigenvalue weighted by Gasteiger charge is -2.28. The molecule has 5 heteroatoms. The van der Waals surface area contributed by atoms with E-state index in [2.05, 4.69) is 43.4 Å². The van der Waals surface area contributed by atoms with Crippen molar-refractivity contribution in [3.05, 3.63) is 65.7 Å². The number of hydrogen-bond donors (Lipinski definition) is 1. The van der Waals surface area contributed by atoms with Crippen LogP contribution in [0.25, 0.3) is 0 Å². The van der Waals surface area contributed by atoms with Gasteiger partial charge < -0.3 is 19.5 Å². The highest BCUT2D eigenvalue weighted by Crippen LogP contribution is 2.28. The van der Waals surface area contributed by atoms with Gasteiger partial charge in [-0.15, -0.1) is 0 Å². The fourth-order valence-corrected chi connectivity index (χ4v) is 3.77. The van der Waals surface area contributed by atoms with Crippen molar-refractivity contribution in [2.75, 3.05) is 6.61 Å². The van der Waals surface area contributed by atoms with E-state index in [0.29, 0.717) is 25.0 Å². The Bertz CT molecular complexity index is 855. The molecule has 1 aliphatic rings. The summed E-state index contributed by atoms with van der Waals surface area (Å²) in [5.74, 6) is 1.73. The van der Waals surface area contributed by atoms with Crippen molar-refractivity contribution in [1.29, 1.82) is 0 Å². The van der Waals surface area contributed by atoms with Crippen molar-refractivity contribution in [2.24, 2.45) is 11.8 Å². The van der Waals surface area contributed by atoms with Gasteiger partial charge in [0.05, 0.1) is 12.6 Å². The van der Waals surface area contributed by atoms with Crippen LogP contribution in [0.2, 0.25) is 0 Å². The predicted molar refractivity (Wildman–Crippen MR) is 127 cm³/mol. The van der Waals surface area contributed by atoms with Crippen LogP contribution in [0.3, 0.4) is 0 Å². The van der Waals surface area contributed by atoms with Crippen LogP contribution in [-0.2, 0) is 22.5 Å². The molecule has 0 radical (unpaired) electrons. The second-order valence-corrected chi connectivity index (χ2v) is 9.99. The molecule has 0 spiro atoms. The molecule has 0 aliphatic carbocycles. The van der Waals surface area contributed by atoms with Crippen molar-refractivity contribution in [1.82, 2.24) is 5.32 Å². The average molecular weight is 440 g/mol. The van der Waals surface area contributed by atoms with E-state index in [1.807, 2.05) is 51.1 Å². The minimum atomic E-state index is -0.517. The van der Waals surface area contributed by atoms with E-state index in [0.717, 1.165) is 24.2 Å². The summed E-state index contributed by atoms with van der Waals surface area (Å²) in [5, 5.41) is 3.05. The molecule has 5 nitrogen and oxygen atoms in total. The Labute approximate surface area is 192 Å². The van der Waals surface area contributed by atoms with Crippen LogP contribution >= 0.6 is 0 Å². The SMILES string of the molecule is CC(C)[C@@H](Cc1cccc(OCc2ccccc2)c1)C[C@H](NC(=O)OC(C)(C)C)[C@@H]1CO1. The van der Waals surface area contributed by atoms with Gasteiger partial charge in [-0.1, -0.05) is 56.3 Å². The summed E-state index contributed by atoms with van der Waals surface area (Å²) in [5.41, 5.74) is 1.87. The fraction of sp³-hybridized carbons (Fsp3) is 0.519. The number of alkyl carbamates (subject to hydrolysis) is 1. The van der Waals surface area contributed by atoms with Crippen molar-refractivity contribution < 1.29 is 19.0 Å². The van der Waals surface area contributed by atoms with Crippen LogP contribution in [0.1, 0.15) is 52.2 Å². The number of carbonyl (C=O) groups excluding carboxylic acids is 1. The summed E-state index contributed by atoms with van der Waals surface area (Å²) in [6.45, 7) is 11.3. The first-order valence-corrected chi connectivity index (χ1v) is 11.6. The summed E-state index contributed by atoms with van der Waals surface area (Å²) in [6.07, 6.45) is 1.46. The number of ether oxygens (including phenoxy) is 3. The molecule has 3 rings (SSSR count). The third-order valence-electron chi connectivity index (χ3n) is 5.65. The van der Waals surface area contributed by atoms with Gasteiger partial charge in [0.1, 0.15) is 24.1 Å². The average Bonchev–Trinajstić information content (AvgIpc) is 3.56. The summed E-state index contributed by atoms with van der Waals surface area (Å²) in [4.78, 5) is 12.3. The van der Waals surface area contributed by atoms with E-state index in [1.165, 1.54) is 5.56 Å². The van der Waals surface area contributed by atoms with Gasteiger partial charge in [0.2, 0.25) is 0 Å². The number of benzene rings is 2. The molecular weight excluding hydrogens is 402 g/mol. The molecule has 174 valence electrons. The molecule has 1 N–H and O–H groups in total. The smallest absolute Gasteiger partial charge is 0.407 e. The molecule has 1 amide bonds. The molecule has 0 saturated carbocycles. The lowest BCUT2D eigenvalue weighted by molar-refractivity contribution is 0.0483. The van der Waals surface area contributed by atoms with E-state index >= 15 is 0 Å². The van der Waals surface area contributed by atoms with E-state index < -0.39 is 5.60 Å². The van der Waals surface area contributed by atoms with E-state index in [1.54, 1.807) is 0 Å². The third kappa shape index (κ3) is 8.19. The number of carbonyl (C=O) groups is 1. The molecule has 1 aliphatic heterocycles. The molecule has 32 heavy (non-hydrogen) atoms. The Balaban J connectivity index is 1.61. The lowest BCUT2D eigenvalue weighted by atomic mass is 9.83. The first-order valence-electron chi connectivity index (χ1n) is 11.6. The summed E-state index contributed by atoms with van der Waals surface area (Å²) < 4.78 is 17.0. The molecule has 2 aromatic carbocycles. The summed E-state index contributed by atoms with van der Waals surface area (Å²) in [7, 11) is 0. The monoisotopic (exact) mass is 439 g/mol. The molecular formula is C27H37NO4. The number of rotatable bonds is 10. The van der Waals surface area contributed by atoms with Crippen molar-refractivity contribution in [3.63, 3.8) is 0 Å². The third-order valence-corrected chi connectivity index (χ3v) is 5.65. The zero-order valence-electron chi connectivity index (χ0n) is 20.0. The zero-order chi connectivity index (χ0) is 23.1.